The third-order valence-electron chi connectivity index (χ3n) is 3.40. The normalized spacial score (nSPS) is 12.7. The molecule has 1 aromatic carbocycles. The minimum absolute atomic E-state index is 0.00550. The Kier molecular flexibility index (Phi) is 5.22. The third kappa shape index (κ3) is 4.07. The highest BCUT2D eigenvalue weighted by Crippen LogP contribution is 2.31. The zero-order valence-electron chi connectivity index (χ0n) is 12.8. The number of nitrogens with zero attached hydrogens (tertiary/aromatic N) is 1. The quantitative estimate of drug-likeness (QED) is 0.787. The van der Waals surface area contributed by atoms with Crippen LogP contribution in [0, 0.1) is 0 Å². The van der Waals surface area contributed by atoms with Gasteiger partial charge in [0.15, 0.2) is 5.13 Å². The number of carbonyl (C=O) groups excluding carboxylic acids is 1. The van der Waals surface area contributed by atoms with Crippen LogP contribution < -0.4 is 10.1 Å². The lowest BCUT2D eigenvalue weighted by molar-refractivity contribution is -0.121. The van der Waals surface area contributed by atoms with E-state index in [9.17, 15) is 4.79 Å². The monoisotopic (exact) mass is 334 g/mol. The molecule has 0 radical (unpaired) electrons. The second-order valence-corrected chi connectivity index (χ2v) is 5.91. The molecule has 0 atom stereocenters. The molecule has 0 fully saturated rings. The van der Waals surface area contributed by atoms with Crippen molar-refractivity contribution in [3.05, 3.63) is 29.1 Å². The van der Waals surface area contributed by atoms with Crippen LogP contribution in [-0.2, 0) is 20.7 Å². The van der Waals surface area contributed by atoms with Gasteiger partial charge in [0, 0.05) is 24.5 Å². The summed E-state index contributed by atoms with van der Waals surface area (Å²) in [6.45, 7) is 1.59. The molecule has 0 bridgehead atoms. The largest absolute Gasteiger partial charge is 0.493 e. The average molecular weight is 334 g/mol. The smallest absolute Gasteiger partial charge is 0.252 e. The van der Waals surface area contributed by atoms with Gasteiger partial charge in [0.1, 0.15) is 12.4 Å². The summed E-state index contributed by atoms with van der Waals surface area (Å²) in [4.78, 5) is 16.2. The van der Waals surface area contributed by atoms with Crippen LogP contribution in [0.2, 0.25) is 0 Å². The van der Waals surface area contributed by atoms with E-state index in [0.29, 0.717) is 18.3 Å². The fraction of sp³-hybridized carbons (Fsp3) is 0.375. The second-order valence-electron chi connectivity index (χ2n) is 5.05. The van der Waals surface area contributed by atoms with E-state index in [-0.39, 0.29) is 12.5 Å². The molecule has 2 aromatic rings. The van der Waals surface area contributed by atoms with Crippen molar-refractivity contribution in [3.63, 3.8) is 0 Å². The number of anilines is 1. The SMILES string of the molecule is COCCOCC(=O)Nc1nc(-c2ccc3c(c2)CCO3)cs1. The molecule has 1 N–H and O–H groups in total. The van der Waals surface area contributed by atoms with Gasteiger partial charge in [0.2, 0.25) is 0 Å². The molecule has 23 heavy (non-hydrogen) atoms. The predicted molar refractivity (Wildman–Crippen MR) is 88.1 cm³/mol. The molecule has 1 aliphatic heterocycles. The van der Waals surface area contributed by atoms with Crippen LogP contribution in [-0.4, -0.2) is 44.4 Å². The Hall–Kier alpha value is -1.96. The number of fused-ring (bicyclic) bond motifs is 1. The Morgan fingerprint density at radius 3 is 3.22 bits per heavy atom. The van der Waals surface area contributed by atoms with E-state index < -0.39 is 0 Å². The first-order valence-corrected chi connectivity index (χ1v) is 8.22. The van der Waals surface area contributed by atoms with Crippen LogP contribution >= 0.6 is 11.3 Å². The summed E-state index contributed by atoms with van der Waals surface area (Å²) in [7, 11) is 1.59. The van der Waals surface area contributed by atoms with Gasteiger partial charge in [-0.2, -0.15) is 0 Å². The molecule has 1 aromatic heterocycles. The lowest BCUT2D eigenvalue weighted by Gasteiger charge is -2.03. The molecule has 3 rings (SSSR count). The third-order valence-corrected chi connectivity index (χ3v) is 4.16. The number of benzene rings is 1. The molecular weight excluding hydrogens is 316 g/mol. The number of methoxy groups -OCH3 is 1. The number of rotatable bonds is 7. The van der Waals surface area contributed by atoms with Crippen molar-refractivity contribution in [2.24, 2.45) is 0 Å². The fourth-order valence-electron chi connectivity index (χ4n) is 2.27. The van der Waals surface area contributed by atoms with E-state index >= 15 is 0 Å². The van der Waals surface area contributed by atoms with Gasteiger partial charge in [-0.05, 0) is 23.8 Å². The molecule has 1 aliphatic rings. The maximum atomic E-state index is 11.7. The van der Waals surface area contributed by atoms with Gasteiger partial charge in [-0.15, -0.1) is 11.3 Å². The highest BCUT2D eigenvalue weighted by Gasteiger charge is 2.14. The molecule has 0 unspecified atom stereocenters. The average Bonchev–Trinajstić information content (AvgIpc) is 3.19. The highest BCUT2D eigenvalue weighted by molar-refractivity contribution is 7.14. The maximum absolute atomic E-state index is 11.7. The minimum atomic E-state index is -0.218. The van der Waals surface area contributed by atoms with Crippen LogP contribution in [0.3, 0.4) is 0 Å². The van der Waals surface area contributed by atoms with E-state index in [1.54, 1.807) is 7.11 Å². The molecule has 0 spiro atoms. The first kappa shape index (κ1) is 15.9. The Morgan fingerprint density at radius 2 is 2.35 bits per heavy atom. The summed E-state index contributed by atoms with van der Waals surface area (Å²) in [6, 6.07) is 6.05. The minimum Gasteiger partial charge on any atom is -0.493 e. The number of hydrogen-bond donors (Lipinski definition) is 1. The van der Waals surface area contributed by atoms with Gasteiger partial charge < -0.3 is 14.2 Å². The van der Waals surface area contributed by atoms with Gasteiger partial charge in [-0.25, -0.2) is 4.98 Å². The van der Waals surface area contributed by atoms with Crippen LogP contribution in [0.1, 0.15) is 5.56 Å². The number of thiazole rings is 1. The summed E-state index contributed by atoms with van der Waals surface area (Å²) in [5.41, 5.74) is 3.08. The van der Waals surface area contributed by atoms with Crippen LogP contribution in [0.4, 0.5) is 5.13 Å². The summed E-state index contributed by atoms with van der Waals surface area (Å²) in [6.07, 6.45) is 0.926. The Labute approximate surface area is 138 Å². The number of carbonyl (C=O) groups is 1. The lowest BCUT2D eigenvalue weighted by atomic mass is 10.1. The summed E-state index contributed by atoms with van der Waals surface area (Å²) < 4.78 is 15.5. The Morgan fingerprint density at radius 1 is 1.43 bits per heavy atom. The van der Waals surface area contributed by atoms with Crippen molar-refractivity contribution in [3.8, 4) is 17.0 Å². The molecule has 0 aliphatic carbocycles. The molecule has 122 valence electrons. The van der Waals surface area contributed by atoms with Gasteiger partial charge >= 0.3 is 0 Å². The van der Waals surface area contributed by atoms with Gasteiger partial charge in [0.25, 0.3) is 5.91 Å². The maximum Gasteiger partial charge on any atom is 0.252 e. The Balaban J connectivity index is 1.58. The van der Waals surface area contributed by atoms with Crippen molar-refractivity contribution >= 4 is 22.4 Å². The van der Waals surface area contributed by atoms with Crippen molar-refractivity contribution < 1.29 is 19.0 Å². The lowest BCUT2D eigenvalue weighted by Crippen LogP contribution is -2.19. The van der Waals surface area contributed by atoms with Crippen LogP contribution in [0.5, 0.6) is 5.75 Å². The molecule has 7 heteroatoms. The van der Waals surface area contributed by atoms with Crippen molar-refractivity contribution in [1.29, 1.82) is 0 Å². The summed E-state index contributed by atoms with van der Waals surface area (Å²) in [5, 5.41) is 5.24. The van der Waals surface area contributed by atoms with Crippen LogP contribution in [0.25, 0.3) is 11.3 Å². The second kappa shape index (κ2) is 7.54. The Bertz CT molecular complexity index is 686. The molecular formula is C16H18N2O4S. The number of nitrogens with one attached hydrogen (secondary N) is 1. The first-order valence-electron chi connectivity index (χ1n) is 7.34. The standard InChI is InChI=1S/C16H18N2O4S/c1-20-6-7-21-9-15(19)18-16-17-13(10-23-16)11-2-3-14-12(8-11)4-5-22-14/h2-3,8,10H,4-7,9H2,1H3,(H,17,18,19). The van der Waals surface area contributed by atoms with Crippen molar-refractivity contribution in [2.75, 3.05) is 38.9 Å². The predicted octanol–water partition coefficient (Wildman–Crippen LogP) is 2.35. The molecule has 1 amide bonds. The van der Waals surface area contributed by atoms with Crippen LogP contribution in [0.15, 0.2) is 23.6 Å². The van der Waals surface area contributed by atoms with Gasteiger partial charge in [-0.1, -0.05) is 0 Å². The zero-order chi connectivity index (χ0) is 16.1. The summed E-state index contributed by atoms with van der Waals surface area (Å²) >= 11 is 1.40. The van der Waals surface area contributed by atoms with E-state index in [1.807, 2.05) is 17.5 Å². The molecule has 0 saturated carbocycles. The van der Waals surface area contributed by atoms with E-state index in [0.717, 1.165) is 30.0 Å². The van der Waals surface area contributed by atoms with E-state index in [1.165, 1.54) is 16.9 Å². The molecule has 6 nitrogen and oxygen atoms in total. The summed E-state index contributed by atoms with van der Waals surface area (Å²) in [5.74, 6) is 0.732. The van der Waals surface area contributed by atoms with E-state index in [4.69, 9.17) is 14.2 Å². The van der Waals surface area contributed by atoms with Crippen molar-refractivity contribution in [1.82, 2.24) is 4.98 Å². The molecule has 2 heterocycles. The molecule has 0 saturated heterocycles. The highest BCUT2D eigenvalue weighted by atomic mass is 32.1. The number of hydrogen-bond acceptors (Lipinski definition) is 6. The fourth-order valence-corrected chi connectivity index (χ4v) is 3.01. The van der Waals surface area contributed by atoms with Crippen molar-refractivity contribution in [2.45, 2.75) is 6.42 Å². The van der Waals surface area contributed by atoms with E-state index in [2.05, 4.69) is 16.4 Å². The van der Waals surface area contributed by atoms with Gasteiger partial charge in [0.05, 0.1) is 25.5 Å². The van der Waals surface area contributed by atoms with Gasteiger partial charge in [-0.3, -0.25) is 10.1 Å². The topological polar surface area (TPSA) is 69.7 Å². The number of amides is 1. The first-order chi connectivity index (χ1) is 11.3. The zero-order valence-corrected chi connectivity index (χ0v) is 13.6. The number of ether oxygens (including phenoxy) is 3. The number of aromatic nitrogens is 1.